The van der Waals surface area contributed by atoms with E-state index in [-0.39, 0.29) is 46.5 Å². The highest BCUT2D eigenvalue weighted by Crippen LogP contribution is 2.40. The van der Waals surface area contributed by atoms with Gasteiger partial charge in [0.25, 0.3) is 12.0 Å². The number of nitrogens with zero attached hydrogens (tertiary/aromatic N) is 7. The molecule has 1 saturated carbocycles. The minimum absolute atomic E-state index is 0.0631. The van der Waals surface area contributed by atoms with Gasteiger partial charge in [-0.2, -0.15) is 4.98 Å². The largest absolute Gasteiger partial charge is 0.388 e. The average molecular weight is 840 g/mol. The predicted octanol–water partition coefficient (Wildman–Crippen LogP) is 3.22. The summed E-state index contributed by atoms with van der Waals surface area (Å²) < 4.78 is 57.4. The number of aliphatic hydroxyl groups is 1. The summed E-state index contributed by atoms with van der Waals surface area (Å²) in [6, 6.07) is 8.92. The first kappa shape index (κ1) is 41.6. The third-order valence-electron chi connectivity index (χ3n) is 13.4. The molecular weight excluding hydrogens is 785 g/mol. The lowest BCUT2D eigenvalue weighted by molar-refractivity contribution is -0.134. The molecule has 3 atom stereocenters. The second-order valence-electron chi connectivity index (χ2n) is 17.1. The Morgan fingerprint density at radius 1 is 0.949 bits per heavy atom. The zero-order valence-electron chi connectivity index (χ0n) is 33.6. The van der Waals surface area contributed by atoms with Crippen molar-refractivity contribution in [1.82, 2.24) is 34.0 Å². The molecule has 3 aromatic rings. The van der Waals surface area contributed by atoms with Crippen molar-refractivity contribution < 1.29 is 31.9 Å². The molecule has 15 nitrogen and oxygen atoms in total. The Hall–Kier alpha value is -4.10. The van der Waals surface area contributed by atoms with Gasteiger partial charge in [0.05, 0.1) is 28.9 Å². The van der Waals surface area contributed by atoms with Crippen LogP contribution in [0.1, 0.15) is 94.2 Å². The quantitative estimate of drug-likeness (QED) is 0.241. The van der Waals surface area contributed by atoms with E-state index in [1.807, 2.05) is 12.1 Å². The number of aromatic nitrogens is 3. The van der Waals surface area contributed by atoms with E-state index in [0.29, 0.717) is 70.6 Å². The molecule has 0 spiro atoms. The van der Waals surface area contributed by atoms with E-state index in [4.69, 9.17) is 0 Å². The fourth-order valence-corrected chi connectivity index (χ4v) is 11.3. The van der Waals surface area contributed by atoms with Gasteiger partial charge in [-0.1, -0.05) is 12.1 Å². The van der Waals surface area contributed by atoms with E-state index >= 15 is 0 Å². The lowest BCUT2D eigenvalue weighted by Crippen LogP contribution is -2.53. The number of carbonyl (C=O) groups excluding carboxylic acids is 2. The maximum atomic E-state index is 13.9. The smallest absolute Gasteiger partial charge is 0.269 e. The van der Waals surface area contributed by atoms with Crippen molar-refractivity contribution in [3.8, 4) is 0 Å². The highest BCUT2D eigenvalue weighted by molar-refractivity contribution is 7.89. The van der Waals surface area contributed by atoms with Crippen molar-refractivity contribution in [3.63, 3.8) is 0 Å². The molecule has 3 N–H and O–H groups in total. The number of anilines is 2. The SMILES string of the molecule is CC1(O)CCCC1n1c(=O)c(C(F)F)cc2cnc(NC3CCN(S(=O)(=O)CCN4CCC(N5CCN(c6ccc(C7CCC(=O)NC7=O)cc6)CC5)CC4)CC3)nc21. The van der Waals surface area contributed by atoms with Crippen LogP contribution in [0.5, 0.6) is 0 Å². The van der Waals surface area contributed by atoms with E-state index in [1.54, 1.807) is 11.2 Å². The van der Waals surface area contributed by atoms with Crippen molar-refractivity contribution >= 4 is 44.5 Å². The molecule has 59 heavy (non-hydrogen) atoms. The van der Waals surface area contributed by atoms with Gasteiger partial charge in [0, 0.05) is 81.6 Å². The standard InChI is InChI=1S/C41H55F2N9O6S/c1-41(56)14-2-3-34(41)52-37-28(25-33(36(42)43)39(52)55)26-44-40(47-37)45-29-10-17-51(18-11-29)59(57,58)24-23-48-15-12-31(13-16-48)50-21-19-49(20-22-50)30-6-4-27(5-7-30)32-8-9-35(53)46-38(32)54/h4-7,25-26,29,31-32,34,36,56H,2-3,8-24H2,1H3,(H,44,45,47)(H,46,53,54). The number of carbonyl (C=O) groups is 2. The van der Waals surface area contributed by atoms with Crippen molar-refractivity contribution in [1.29, 1.82) is 0 Å². The molecule has 1 aliphatic carbocycles. The fraction of sp³-hybridized carbons (Fsp3) is 0.634. The van der Waals surface area contributed by atoms with Gasteiger partial charge in [-0.05, 0) is 95.1 Å². The molecule has 3 unspecified atom stereocenters. The number of fused-ring (bicyclic) bond motifs is 1. The third-order valence-corrected chi connectivity index (χ3v) is 15.2. The summed E-state index contributed by atoms with van der Waals surface area (Å²) in [5, 5.41) is 17.0. The number of nitrogens with one attached hydrogen (secondary N) is 2. The number of benzene rings is 1. The van der Waals surface area contributed by atoms with Gasteiger partial charge in [0.15, 0.2) is 0 Å². The number of piperazine rings is 1. The third kappa shape index (κ3) is 9.02. The summed E-state index contributed by atoms with van der Waals surface area (Å²) >= 11 is 0. The van der Waals surface area contributed by atoms with E-state index < -0.39 is 39.2 Å². The van der Waals surface area contributed by atoms with Crippen LogP contribution < -0.4 is 21.1 Å². The number of likely N-dealkylation sites (tertiary alicyclic amines) is 1. The minimum atomic E-state index is -3.47. The van der Waals surface area contributed by atoms with Gasteiger partial charge in [-0.25, -0.2) is 26.5 Å². The highest BCUT2D eigenvalue weighted by Gasteiger charge is 2.40. The zero-order valence-corrected chi connectivity index (χ0v) is 34.4. The number of piperidine rings is 3. The molecule has 5 fully saturated rings. The minimum Gasteiger partial charge on any atom is -0.388 e. The van der Waals surface area contributed by atoms with Gasteiger partial charge < -0.3 is 20.2 Å². The van der Waals surface area contributed by atoms with Crippen molar-refractivity contribution in [3.05, 3.63) is 58.0 Å². The van der Waals surface area contributed by atoms with Gasteiger partial charge in [0.1, 0.15) is 5.65 Å². The first-order valence-corrected chi connectivity index (χ1v) is 22.7. The number of hydrogen-bond acceptors (Lipinski definition) is 12. The zero-order chi connectivity index (χ0) is 41.5. The first-order valence-electron chi connectivity index (χ1n) is 21.1. The number of imide groups is 1. The Labute approximate surface area is 343 Å². The van der Waals surface area contributed by atoms with Gasteiger partial charge >= 0.3 is 0 Å². The molecule has 2 aromatic heterocycles. The number of alkyl halides is 2. The Morgan fingerprint density at radius 3 is 2.31 bits per heavy atom. The normalized spacial score (nSPS) is 26.2. The fourth-order valence-electron chi connectivity index (χ4n) is 9.81. The Morgan fingerprint density at radius 2 is 1.66 bits per heavy atom. The van der Waals surface area contributed by atoms with Crippen LogP contribution in [0.25, 0.3) is 11.0 Å². The van der Waals surface area contributed by atoms with Crippen LogP contribution in [0.3, 0.4) is 0 Å². The first-order chi connectivity index (χ1) is 28.3. The summed E-state index contributed by atoms with van der Waals surface area (Å²) in [6.07, 6.45) is 3.94. The van der Waals surface area contributed by atoms with Crippen LogP contribution in [0.15, 0.2) is 41.3 Å². The number of pyridine rings is 1. The van der Waals surface area contributed by atoms with Crippen LogP contribution in [0.2, 0.25) is 0 Å². The second-order valence-corrected chi connectivity index (χ2v) is 19.2. The molecule has 8 rings (SSSR count). The molecule has 320 valence electrons. The maximum Gasteiger partial charge on any atom is 0.269 e. The van der Waals surface area contributed by atoms with Crippen LogP contribution in [-0.4, -0.2) is 136 Å². The van der Waals surface area contributed by atoms with Crippen LogP contribution >= 0.6 is 0 Å². The van der Waals surface area contributed by atoms with Gasteiger partial charge in [-0.15, -0.1) is 0 Å². The summed E-state index contributed by atoms with van der Waals surface area (Å²) in [5.41, 5.74) is -0.507. The number of halogens is 2. The topological polar surface area (TPSA) is 173 Å². The second kappa shape index (κ2) is 17.1. The molecule has 18 heteroatoms. The molecule has 4 aliphatic heterocycles. The summed E-state index contributed by atoms with van der Waals surface area (Å²) in [5.74, 6) is -0.425. The molecule has 2 amide bonds. The van der Waals surface area contributed by atoms with Crippen molar-refractivity contribution in [2.24, 2.45) is 0 Å². The van der Waals surface area contributed by atoms with Crippen LogP contribution in [0.4, 0.5) is 20.4 Å². The lowest BCUT2D eigenvalue weighted by atomic mass is 9.90. The molecule has 1 aromatic carbocycles. The summed E-state index contributed by atoms with van der Waals surface area (Å²) in [6.45, 7) is 8.25. The molecule has 6 heterocycles. The lowest BCUT2D eigenvalue weighted by Gasteiger charge is -2.43. The summed E-state index contributed by atoms with van der Waals surface area (Å²) in [7, 11) is -3.47. The maximum absolute atomic E-state index is 13.9. The Balaban J connectivity index is 0.781. The number of rotatable bonds is 11. The molecule has 5 aliphatic rings. The number of hydrogen-bond donors (Lipinski definition) is 3. The average Bonchev–Trinajstić information content (AvgIpc) is 3.58. The van der Waals surface area contributed by atoms with Crippen molar-refractivity contribution in [2.75, 3.05) is 74.9 Å². The van der Waals surface area contributed by atoms with Gasteiger partial charge in [-0.3, -0.25) is 29.2 Å². The Bertz CT molecular complexity index is 2180. The molecule has 4 saturated heterocycles. The van der Waals surface area contributed by atoms with E-state index in [0.717, 1.165) is 69.4 Å². The van der Waals surface area contributed by atoms with Gasteiger partial charge in [0.2, 0.25) is 27.8 Å². The van der Waals surface area contributed by atoms with E-state index in [9.17, 15) is 36.7 Å². The van der Waals surface area contributed by atoms with Crippen molar-refractivity contribution in [2.45, 2.75) is 101 Å². The summed E-state index contributed by atoms with van der Waals surface area (Å²) in [4.78, 5) is 53.2. The van der Waals surface area contributed by atoms with Crippen LogP contribution in [-0.2, 0) is 19.6 Å². The molecular formula is C41H55F2N9O6S. The number of amides is 2. The Kier molecular flexibility index (Phi) is 12.1. The number of sulfonamides is 1. The van der Waals surface area contributed by atoms with E-state index in [2.05, 4.69) is 47.4 Å². The molecule has 0 bridgehead atoms. The molecule has 0 radical (unpaired) electrons. The highest BCUT2D eigenvalue weighted by atomic mass is 32.2. The van der Waals surface area contributed by atoms with Crippen LogP contribution in [0, 0.1) is 0 Å². The van der Waals surface area contributed by atoms with E-state index in [1.165, 1.54) is 10.8 Å². The monoisotopic (exact) mass is 839 g/mol. The predicted molar refractivity (Wildman–Crippen MR) is 219 cm³/mol.